The molecule has 0 fully saturated rings. The maximum Gasteiger partial charge on any atom is 0.00134 e. The largest absolute Gasteiger partial charge is 0.328 e. The van der Waals surface area contributed by atoms with Crippen molar-refractivity contribution in [3.63, 3.8) is 0 Å². The zero-order valence-corrected chi connectivity index (χ0v) is 13.2. The Hall–Kier alpha value is -0.300. The van der Waals surface area contributed by atoms with Gasteiger partial charge in [-0.1, -0.05) is 57.6 Å². The number of unbranched alkanes of at least 4 members (excludes halogenated alkanes) is 2. The van der Waals surface area contributed by atoms with Crippen molar-refractivity contribution in [1.82, 2.24) is 0 Å². The maximum absolute atomic E-state index is 5.75. The van der Waals surface area contributed by atoms with Crippen LogP contribution in [0.5, 0.6) is 0 Å². The summed E-state index contributed by atoms with van der Waals surface area (Å²) < 4.78 is 0. The third kappa shape index (κ3) is 12.2. The van der Waals surface area contributed by atoms with Gasteiger partial charge in [0.2, 0.25) is 0 Å². The van der Waals surface area contributed by atoms with Crippen molar-refractivity contribution in [3.8, 4) is 0 Å². The molecule has 2 atom stereocenters. The second-order valence-corrected chi connectivity index (χ2v) is 6.10. The quantitative estimate of drug-likeness (QED) is 0.385. The molecule has 1 heteroatoms. The highest BCUT2D eigenvalue weighted by Crippen LogP contribution is 2.18. The summed E-state index contributed by atoms with van der Waals surface area (Å²) in [5.41, 5.74) is 7.30. The molecule has 0 aliphatic rings. The standard InChI is InChI=1S/C17H35N/c1-5-6-7-10-15(2)11-8-12-16(3)13-9-14-17(4)18/h13,15,17H,5-12,14,18H2,1-4H3/b16-13+. The number of hydrogen-bond donors (Lipinski definition) is 1. The van der Waals surface area contributed by atoms with Gasteiger partial charge in [0.05, 0.1) is 0 Å². The normalized spacial score (nSPS) is 15.7. The average Bonchev–Trinajstić information content (AvgIpc) is 2.29. The lowest BCUT2D eigenvalue weighted by atomic mass is 9.96. The number of nitrogens with two attached hydrogens (primary N) is 1. The van der Waals surface area contributed by atoms with Crippen LogP contribution in [0.3, 0.4) is 0 Å². The molecule has 0 saturated heterocycles. The van der Waals surface area contributed by atoms with Crippen LogP contribution in [0.25, 0.3) is 0 Å². The van der Waals surface area contributed by atoms with Gasteiger partial charge in [-0.2, -0.15) is 0 Å². The van der Waals surface area contributed by atoms with Crippen LogP contribution in [-0.2, 0) is 0 Å². The van der Waals surface area contributed by atoms with Crippen LogP contribution < -0.4 is 5.73 Å². The maximum atomic E-state index is 5.75. The topological polar surface area (TPSA) is 26.0 Å². The van der Waals surface area contributed by atoms with Crippen LogP contribution in [0.4, 0.5) is 0 Å². The molecule has 0 radical (unpaired) electrons. The summed E-state index contributed by atoms with van der Waals surface area (Å²) in [5, 5.41) is 0. The Morgan fingerprint density at radius 3 is 2.33 bits per heavy atom. The minimum Gasteiger partial charge on any atom is -0.328 e. The van der Waals surface area contributed by atoms with Gasteiger partial charge in [-0.25, -0.2) is 0 Å². The molecule has 1 nitrogen and oxygen atoms in total. The molecule has 108 valence electrons. The van der Waals surface area contributed by atoms with Gasteiger partial charge in [0.25, 0.3) is 0 Å². The van der Waals surface area contributed by atoms with Crippen LogP contribution in [0, 0.1) is 5.92 Å². The molecule has 2 unspecified atom stereocenters. The monoisotopic (exact) mass is 253 g/mol. The van der Waals surface area contributed by atoms with Gasteiger partial charge in [0.1, 0.15) is 0 Å². The summed E-state index contributed by atoms with van der Waals surface area (Å²) in [6.45, 7) is 9.04. The molecule has 18 heavy (non-hydrogen) atoms. The number of hydrogen-bond acceptors (Lipinski definition) is 1. The van der Waals surface area contributed by atoms with Crippen molar-refractivity contribution in [3.05, 3.63) is 11.6 Å². The Kier molecular flexibility index (Phi) is 11.6. The first-order valence-electron chi connectivity index (χ1n) is 7.97. The Balaban J connectivity index is 3.51. The van der Waals surface area contributed by atoms with E-state index in [9.17, 15) is 0 Å². The minimum atomic E-state index is 0.340. The smallest absolute Gasteiger partial charge is 0.00134 e. The molecule has 0 aliphatic heterocycles. The van der Waals surface area contributed by atoms with Crippen LogP contribution in [0.1, 0.15) is 85.5 Å². The third-order valence-corrected chi connectivity index (χ3v) is 3.68. The summed E-state index contributed by atoms with van der Waals surface area (Å²) in [5.74, 6) is 0.911. The van der Waals surface area contributed by atoms with Gasteiger partial charge in [-0.15, -0.1) is 0 Å². The van der Waals surface area contributed by atoms with Crippen molar-refractivity contribution in [2.45, 2.75) is 91.5 Å². The lowest BCUT2D eigenvalue weighted by Crippen LogP contribution is -2.13. The fourth-order valence-electron chi connectivity index (χ4n) is 2.31. The highest BCUT2D eigenvalue weighted by atomic mass is 14.6. The molecule has 0 saturated carbocycles. The van der Waals surface area contributed by atoms with Crippen LogP contribution in [0.2, 0.25) is 0 Å². The highest BCUT2D eigenvalue weighted by molar-refractivity contribution is 4.97. The van der Waals surface area contributed by atoms with Gasteiger partial charge >= 0.3 is 0 Å². The summed E-state index contributed by atoms with van der Waals surface area (Å²) in [7, 11) is 0. The van der Waals surface area contributed by atoms with Crippen LogP contribution in [-0.4, -0.2) is 6.04 Å². The van der Waals surface area contributed by atoms with E-state index in [1.165, 1.54) is 44.9 Å². The van der Waals surface area contributed by atoms with Crippen molar-refractivity contribution in [1.29, 1.82) is 0 Å². The van der Waals surface area contributed by atoms with Crippen molar-refractivity contribution < 1.29 is 0 Å². The second kappa shape index (κ2) is 11.8. The van der Waals surface area contributed by atoms with E-state index in [0.29, 0.717) is 6.04 Å². The highest BCUT2D eigenvalue weighted by Gasteiger charge is 2.02. The van der Waals surface area contributed by atoms with E-state index in [1.807, 2.05) is 0 Å². The number of rotatable bonds is 11. The minimum absolute atomic E-state index is 0.340. The van der Waals surface area contributed by atoms with Gasteiger partial charge in [0, 0.05) is 6.04 Å². The second-order valence-electron chi connectivity index (χ2n) is 6.10. The molecule has 0 aliphatic carbocycles. The molecular formula is C17H35N. The first kappa shape index (κ1) is 17.7. The molecule has 0 amide bonds. The summed E-state index contributed by atoms with van der Waals surface area (Å²) in [4.78, 5) is 0. The van der Waals surface area contributed by atoms with E-state index in [-0.39, 0.29) is 0 Å². The molecular weight excluding hydrogens is 218 g/mol. The van der Waals surface area contributed by atoms with E-state index in [1.54, 1.807) is 5.57 Å². The zero-order valence-electron chi connectivity index (χ0n) is 13.2. The average molecular weight is 253 g/mol. The van der Waals surface area contributed by atoms with E-state index in [0.717, 1.165) is 18.8 Å². The summed E-state index contributed by atoms with van der Waals surface area (Å²) >= 11 is 0. The van der Waals surface area contributed by atoms with Gasteiger partial charge in [0.15, 0.2) is 0 Å². The van der Waals surface area contributed by atoms with Crippen molar-refractivity contribution in [2.24, 2.45) is 11.7 Å². The molecule has 0 aromatic carbocycles. The van der Waals surface area contributed by atoms with Crippen LogP contribution >= 0.6 is 0 Å². The fourth-order valence-corrected chi connectivity index (χ4v) is 2.31. The van der Waals surface area contributed by atoms with Gasteiger partial charge in [-0.05, 0) is 45.4 Å². The Bertz CT molecular complexity index is 206. The Morgan fingerprint density at radius 1 is 1.06 bits per heavy atom. The molecule has 0 heterocycles. The first-order valence-corrected chi connectivity index (χ1v) is 7.97. The van der Waals surface area contributed by atoms with Gasteiger partial charge < -0.3 is 5.73 Å². The Morgan fingerprint density at radius 2 is 1.72 bits per heavy atom. The fraction of sp³-hybridized carbons (Fsp3) is 0.882. The summed E-state index contributed by atoms with van der Waals surface area (Å²) in [6, 6.07) is 0.340. The molecule has 0 bridgehead atoms. The van der Waals surface area contributed by atoms with Crippen molar-refractivity contribution >= 4 is 0 Å². The molecule has 0 rings (SSSR count). The number of allylic oxidation sites excluding steroid dienone is 2. The molecule has 0 aromatic rings. The Labute approximate surface area is 115 Å². The SMILES string of the molecule is CCCCCC(C)CCC/C(C)=C/CCC(C)N. The van der Waals surface area contributed by atoms with E-state index < -0.39 is 0 Å². The van der Waals surface area contributed by atoms with Crippen molar-refractivity contribution in [2.75, 3.05) is 0 Å². The molecule has 2 N–H and O–H groups in total. The first-order chi connectivity index (χ1) is 8.56. The third-order valence-electron chi connectivity index (χ3n) is 3.68. The lowest BCUT2D eigenvalue weighted by Gasteiger charge is -2.11. The van der Waals surface area contributed by atoms with E-state index >= 15 is 0 Å². The predicted molar refractivity (Wildman–Crippen MR) is 83.8 cm³/mol. The summed E-state index contributed by atoms with van der Waals surface area (Å²) in [6.07, 6.45) is 14.2. The van der Waals surface area contributed by atoms with E-state index in [2.05, 4.69) is 33.8 Å². The van der Waals surface area contributed by atoms with Crippen LogP contribution in [0.15, 0.2) is 11.6 Å². The van der Waals surface area contributed by atoms with Gasteiger partial charge in [-0.3, -0.25) is 0 Å². The predicted octanol–water partition coefficient (Wildman–Crippen LogP) is 5.45. The zero-order chi connectivity index (χ0) is 13.8. The lowest BCUT2D eigenvalue weighted by molar-refractivity contribution is 0.450. The van der Waals surface area contributed by atoms with E-state index in [4.69, 9.17) is 5.73 Å². The molecule has 0 spiro atoms. The molecule has 0 aromatic heterocycles.